The topological polar surface area (TPSA) is 64.0 Å². The fourth-order valence-electron chi connectivity index (χ4n) is 3.70. The van der Waals surface area contributed by atoms with Crippen LogP contribution in [-0.2, 0) is 4.79 Å². The summed E-state index contributed by atoms with van der Waals surface area (Å²) in [6.07, 6.45) is 2.37. The largest absolute Gasteiger partial charge is 0.353 e. The minimum atomic E-state index is -0.109. The Morgan fingerprint density at radius 1 is 1.17 bits per heavy atom. The number of nitrogens with zero attached hydrogens (tertiary/aromatic N) is 2. The molecular weight excluding hydrogens is 382 g/mol. The molecule has 4 rings (SSSR count). The maximum absolute atomic E-state index is 13.4. The van der Waals surface area contributed by atoms with Crippen LogP contribution in [0, 0.1) is 19.8 Å². The lowest BCUT2D eigenvalue weighted by molar-refractivity contribution is -0.119. The molecule has 6 heteroatoms. The third-order valence-electron chi connectivity index (χ3n) is 5.46. The molecule has 0 bridgehead atoms. The van der Waals surface area contributed by atoms with Gasteiger partial charge in [-0.05, 0) is 62.8 Å². The predicted octanol–water partition coefficient (Wildman–Crippen LogP) is 4.01. The van der Waals surface area contributed by atoms with Crippen LogP contribution in [0.25, 0.3) is 16.6 Å². The highest BCUT2D eigenvalue weighted by Crippen LogP contribution is 2.32. The quantitative estimate of drug-likeness (QED) is 0.495. The summed E-state index contributed by atoms with van der Waals surface area (Å²) in [6, 6.07) is 13.5. The summed E-state index contributed by atoms with van der Waals surface area (Å²) in [5.41, 5.74) is 3.37. The Morgan fingerprint density at radius 2 is 1.86 bits per heavy atom. The van der Waals surface area contributed by atoms with Gasteiger partial charge in [-0.1, -0.05) is 42.1 Å². The molecular formula is C23H25N3O2S. The molecule has 3 aromatic rings. The molecule has 1 atom stereocenters. The molecule has 0 radical (unpaired) electrons. The Bertz CT molecular complexity index is 1110. The first kappa shape index (κ1) is 19.7. The molecule has 1 saturated carbocycles. The molecule has 2 aromatic carbocycles. The lowest BCUT2D eigenvalue weighted by atomic mass is 10.1. The van der Waals surface area contributed by atoms with Crippen LogP contribution in [0.3, 0.4) is 0 Å². The normalized spacial score (nSPS) is 14.7. The number of hydrogen-bond donors (Lipinski definition) is 1. The fraction of sp³-hybridized carbons (Fsp3) is 0.348. The van der Waals surface area contributed by atoms with Crippen molar-refractivity contribution in [1.82, 2.24) is 14.9 Å². The number of carbonyl (C=O) groups excluding carboxylic acids is 1. The average Bonchev–Trinajstić information content (AvgIpc) is 3.53. The third kappa shape index (κ3) is 4.08. The number of aromatic nitrogens is 2. The van der Waals surface area contributed by atoms with Crippen molar-refractivity contribution in [3.05, 3.63) is 63.9 Å². The zero-order valence-corrected chi connectivity index (χ0v) is 17.8. The molecule has 1 heterocycles. The summed E-state index contributed by atoms with van der Waals surface area (Å²) in [6.45, 7) is 6.03. The van der Waals surface area contributed by atoms with Crippen molar-refractivity contribution in [2.24, 2.45) is 5.92 Å². The Kier molecular flexibility index (Phi) is 5.46. The smallest absolute Gasteiger partial charge is 0.266 e. The monoisotopic (exact) mass is 407 g/mol. The van der Waals surface area contributed by atoms with E-state index in [1.165, 1.54) is 24.6 Å². The van der Waals surface area contributed by atoms with Crippen molar-refractivity contribution >= 4 is 28.6 Å². The van der Waals surface area contributed by atoms with Crippen LogP contribution in [0.2, 0.25) is 0 Å². The number of nitrogens with one attached hydrogen (secondary N) is 1. The second kappa shape index (κ2) is 8.03. The highest BCUT2D eigenvalue weighted by atomic mass is 32.2. The van der Waals surface area contributed by atoms with Gasteiger partial charge in [-0.2, -0.15) is 0 Å². The molecule has 1 aliphatic rings. The van der Waals surface area contributed by atoms with Gasteiger partial charge in [0, 0.05) is 6.04 Å². The third-order valence-corrected chi connectivity index (χ3v) is 6.40. The van der Waals surface area contributed by atoms with Gasteiger partial charge in [0.05, 0.1) is 22.3 Å². The number of aryl methyl sites for hydroxylation is 2. The van der Waals surface area contributed by atoms with E-state index in [-0.39, 0.29) is 23.3 Å². The first-order chi connectivity index (χ1) is 14.0. The van der Waals surface area contributed by atoms with Crippen molar-refractivity contribution in [2.45, 2.75) is 44.8 Å². The van der Waals surface area contributed by atoms with E-state index in [2.05, 4.69) is 12.2 Å². The first-order valence-corrected chi connectivity index (χ1v) is 10.9. The zero-order chi connectivity index (χ0) is 20.5. The van der Waals surface area contributed by atoms with E-state index in [4.69, 9.17) is 4.98 Å². The summed E-state index contributed by atoms with van der Waals surface area (Å²) in [7, 11) is 0. The molecule has 0 saturated heterocycles. The van der Waals surface area contributed by atoms with Gasteiger partial charge in [0.1, 0.15) is 0 Å². The van der Waals surface area contributed by atoms with Crippen LogP contribution in [0.1, 0.15) is 30.9 Å². The standard InChI is InChI=1S/C23H25N3O2S/c1-14-7-6-8-15(2)21(14)26-22(28)18-9-4-5-10-19(18)25-23(26)29-13-20(27)24-16(3)17-11-12-17/h4-10,16-17H,11-13H2,1-3H3,(H,24,27). The fourth-order valence-corrected chi connectivity index (χ4v) is 4.51. The summed E-state index contributed by atoms with van der Waals surface area (Å²) >= 11 is 1.31. The van der Waals surface area contributed by atoms with Crippen LogP contribution < -0.4 is 10.9 Å². The number of benzene rings is 2. The van der Waals surface area contributed by atoms with Crippen LogP contribution in [0.15, 0.2) is 52.4 Å². The predicted molar refractivity (Wildman–Crippen MR) is 118 cm³/mol. The van der Waals surface area contributed by atoms with Crippen molar-refractivity contribution in [3.63, 3.8) is 0 Å². The Morgan fingerprint density at radius 3 is 2.55 bits per heavy atom. The summed E-state index contributed by atoms with van der Waals surface area (Å²) < 4.78 is 1.66. The Labute approximate surface area is 174 Å². The van der Waals surface area contributed by atoms with E-state index in [1.807, 2.05) is 50.2 Å². The SMILES string of the molecule is Cc1cccc(C)c1-n1c(SCC(=O)NC(C)C2CC2)nc2ccccc2c1=O. The van der Waals surface area contributed by atoms with E-state index < -0.39 is 0 Å². The number of para-hydroxylation sites is 2. The maximum atomic E-state index is 13.4. The molecule has 1 aliphatic carbocycles. The van der Waals surface area contributed by atoms with Gasteiger partial charge in [-0.3, -0.25) is 14.2 Å². The van der Waals surface area contributed by atoms with E-state index >= 15 is 0 Å². The number of thioether (sulfide) groups is 1. The molecule has 1 aromatic heterocycles. The second-order valence-corrected chi connectivity index (χ2v) is 8.72. The van der Waals surface area contributed by atoms with Gasteiger partial charge in [-0.25, -0.2) is 4.98 Å². The molecule has 150 valence electrons. The number of fused-ring (bicyclic) bond motifs is 1. The lowest BCUT2D eigenvalue weighted by Gasteiger charge is -2.17. The van der Waals surface area contributed by atoms with Crippen molar-refractivity contribution in [1.29, 1.82) is 0 Å². The van der Waals surface area contributed by atoms with Crippen LogP contribution in [0.5, 0.6) is 0 Å². The maximum Gasteiger partial charge on any atom is 0.266 e. The average molecular weight is 408 g/mol. The Hall–Kier alpha value is -2.60. The highest BCUT2D eigenvalue weighted by Gasteiger charge is 2.29. The van der Waals surface area contributed by atoms with E-state index in [0.717, 1.165) is 16.8 Å². The lowest BCUT2D eigenvalue weighted by Crippen LogP contribution is -2.35. The van der Waals surface area contributed by atoms with Crippen LogP contribution in [0.4, 0.5) is 0 Å². The Balaban J connectivity index is 1.74. The summed E-state index contributed by atoms with van der Waals surface area (Å²) in [5.74, 6) is 0.813. The molecule has 1 N–H and O–H groups in total. The first-order valence-electron chi connectivity index (χ1n) is 9.96. The van der Waals surface area contributed by atoms with Crippen LogP contribution in [-0.4, -0.2) is 27.3 Å². The molecule has 0 aliphatic heterocycles. The summed E-state index contributed by atoms with van der Waals surface area (Å²) in [4.78, 5) is 30.6. The van der Waals surface area contributed by atoms with E-state index in [0.29, 0.717) is 22.0 Å². The molecule has 0 spiro atoms. The molecule has 5 nitrogen and oxygen atoms in total. The van der Waals surface area contributed by atoms with Gasteiger partial charge < -0.3 is 5.32 Å². The number of hydrogen-bond acceptors (Lipinski definition) is 4. The molecule has 1 amide bonds. The van der Waals surface area contributed by atoms with Gasteiger partial charge >= 0.3 is 0 Å². The minimum absolute atomic E-state index is 0.0233. The number of rotatable bonds is 6. The molecule has 29 heavy (non-hydrogen) atoms. The van der Waals surface area contributed by atoms with Crippen molar-refractivity contribution in [3.8, 4) is 5.69 Å². The highest BCUT2D eigenvalue weighted by molar-refractivity contribution is 7.99. The summed E-state index contributed by atoms with van der Waals surface area (Å²) in [5, 5.41) is 4.19. The van der Waals surface area contributed by atoms with Gasteiger partial charge in [0.2, 0.25) is 5.91 Å². The molecule has 1 unspecified atom stereocenters. The zero-order valence-electron chi connectivity index (χ0n) is 16.9. The number of amides is 1. The van der Waals surface area contributed by atoms with Gasteiger partial charge in [0.25, 0.3) is 5.56 Å². The van der Waals surface area contributed by atoms with Gasteiger partial charge in [-0.15, -0.1) is 0 Å². The van der Waals surface area contributed by atoms with Crippen molar-refractivity contribution in [2.75, 3.05) is 5.75 Å². The second-order valence-electron chi connectivity index (χ2n) is 7.77. The minimum Gasteiger partial charge on any atom is -0.353 e. The van der Waals surface area contributed by atoms with E-state index in [1.54, 1.807) is 10.6 Å². The van der Waals surface area contributed by atoms with E-state index in [9.17, 15) is 9.59 Å². The van der Waals surface area contributed by atoms with Crippen molar-refractivity contribution < 1.29 is 4.79 Å². The van der Waals surface area contributed by atoms with Crippen LogP contribution >= 0.6 is 11.8 Å². The molecule has 1 fully saturated rings. The number of carbonyl (C=O) groups is 1. The van der Waals surface area contributed by atoms with Gasteiger partial charge in [0.15, 0.2) is 5.16 Å².